The SMILES string of the molecule is CC1CN(C(=O)C2CCCN(S(C)(=O)=O)C2)CC1C(=O)O. The number of sulfonamides is 1. The van der Waals surface area contributed by atoms with Crippen molar-refractivity contribution in [3.05, 3.63) is 0 Å². The highest BCUT2D eigenvalue weighted by Gasteiger charge is 2.40. The molecule has 1 amide bonds. The van der Waals surface area contributed by atoms with Crippen LogP contribution < -0.4 is 0 Å². The Morgan fingerprint density at radius 1 is 1.19 bits per heavy atom. The molecule has 0 bridgehead atoms. The number of hydrogen-bond acceptors (Lipinski definition) is 4. The maximum absolute atomic E-state index is 12.5. The molecule has 3 atom stereocenters. The van der Waals surface area contributed by atoms with E-state index in [-0.39, 0.29) is 30.8 Å². The van der Waals surface area contributed by atoms with Gasteiger partial charge in [-0.25, -0.2) is 12.7 Å². The molecule has 0 aliphatic carbocycles. The Balaban J connectivity index is 2.02. The zero-order valence-corrected chi connectivity index (χ0v) is 13.2. The maximum Gasteiger partial charge on any atom is 0.308 e. The highest BCUT2D eigenvalue weighted by Crippen LogP contribution is 2.27. The minimum atomic E-state index is -3.28. The molecule has 2 aliphatic heterocycles. The van der Waals surface area contributed by atoms with Gasteiger partial charge in [-0.2, -0.15) is 0 Å². The zero-order chi connectivity index (χ0) is 15.8. The summed E-state index contributed by atoms with van der Waals surface area (Å²) in [5.74, 6) is -1.93. The standard InChI is InChI=1S/C13H22N2O5S/c1-9-6-14(8-11(9)13(17)18)12(16)10-4-3-5-15(7-10)21(2,19)20/h9-11H,3-8H2,1-2H3,(H,17,18). The number of rotatable bonds is 3. The molecule has 7 nitrogen and oxygen atoms in total. The van der Waals surface area contributed by atoms with Gasteiger partial charge in [-0.15, -0.1) is 0 Å². The Morgan fingerprint density at radius 3 is 2.38 bits per heavy atom. The van der Waals surface area contributed by atoms with E-state index in [0.717, 1.165) is 6.26 Å². The van der Waals surface area contributed by atoms with Crippen molar-refractivity contribution in [3.63, 3.8) is 0 Å². The first kappa shape index (κ1) is 16.2. The van der Waals surface area contributed by atoms with E-state index in [2.05, 4.69) is 0 Å². The van der Waals surface area contributed by atoms with E-state index < -0.39 is 21.9 Å². The Kier molecular flexibility index (Phi) is 4.57. The van der Waals surface area contributed by atoms with E-state index in [9.17, 15) is 18.0 Å². The third kappa shape index (κ3) is 3.55. The molecule has 120 valence electrons. The number of aliphatic carboxylic acids is 1. The van der Waals surface area contributed by atoms with Crippen LogP contribution in [-0.4, -0.2) is 67.0 Å². The van der Waals surface area contributed by atoms with Crippen LogP contribution in [0.15, 0.2) is 0 Å². The first-order valence-corrected chi connectivity index (χ1v) is 9.01. The smallest absolute Gasteiger partial charge is 0.308 e. The fraction of sp³-hybridized carbons (Fsp3) is 0.846. The summed E-state index contributed by atoms with van der Waals surface area (Å²) >= 11 is 0. The summed E-state index contributed by atoms with van der Waals surface area (Å²) in [4.78, 5) is 25.2. The highest BCUT2D eigenvalue weighted by atomic mass is 32.2. The van der Waals surface area contributed by atoms with Gasteiger partial charge in [-0.3, -0.25) is 9.59 Å². The van der Waals surface area contributed by atoms with E-state index in [1.165, 1.54) is 4.31 Å². The normalized spacial score (nSPS) is 31.3. The molecule has 0 aromatic heterocycles. The second kappa shape index (κ2) is 5.92. The molecular weight excluding hydrogens is 296 g/mol. The topological polar surface area (TPSA) is 95.0 Å². The van der Waals surface area contributed by atoms with Crippen LogP contribution >= 0.6 is 0 Å². The Morgan fingerprint density at radius 2 is 1.86 bits per heavy atom. The van der Waals surface area contributed by atoms with Gasteiger partial charge in [0.2, 0.25) is 15.9 Å². The van der Waals surface area contributed by atoms with Crippen LogP contribution in [0.2, 0.25) is 0 Å². The average Bonchev–Trinajstić information content (AvgIpc) is 2.79. The number of likely N-dealkylation sites (tertiary alicyclic amines) is 1. The molecule has 1 N–H and O–H groups in total. The zero-order valence-electron chi connectivity index (χ0n) is 12.4. The third-order valence-corrected chi connectivity index (χ3v) is 5.71. The lowest BCUT2D eigenvalue weighted by atomic mass is 9.98. The summed E-state index contributed by atoms with van der Waals surface area (Å²) < 4.78 is 24.5. The molecule has 0 saturated carbocycles. The fourth-order valence-corrected chi connectivity index (χ4v) is 4.08. The molecule has 2 fully saturated rings. The first-order valence-electron chi connectivity index (χ1n) is 7.17. The number of nitrogens with zero attached hydrogens (tertiary/aromatic N) is 2. The lowest BCUT2D eigenvalue weighted by Crippen LogP contribution is -2.46. The molecule has 2 aliphatic rings. The summed E-state index contributed by atoms with van der Waals surface area (Å²) in [7, 11) is -3.28. The highest BCUT2D eigenvalue weighted by molar-refractivity contribution is 7.88. The molecule has 0 aromatic carbocycles. The van der Waals surface area contributed by atoms with Crippen LogP contribution in [0, 0.1) is 17.8 Å². The predicted octanol–water partition coefficient (Wildman–Crippen LogP) is -0.163. The maximum atomic E-state index is 12.5. The number of amides is 1. The van der Waals surface area contributed by atoms with Gasteiger partial charge < -0.3 is 10.0 Å². The minimum absolute atomic E-state index is 0.0685. The Labute approximate surface area is 125 Å². The van der Waals surface area contributed by atoms with E-state index in [0.29, 0.717) is 25.9 Å². The quantitative estimate of drug-likeness (QED) is 0.780. The molecule has 0 radical (unpaired) electrons. The molecule has 2 rings (SSSR count). The van der Waals surface area contributed by atoms with Gasteiger partial charge in [0.1, 0.15) is 0 Å². The van der Waals surface area contributed by atoms with E-state index in [4.69, 9.17) is 5.11 Å². The summed E-state index contributed by atoms with van der Waals surface area (Å²) in [6, 6.07) is 0. The Bertz CT molecular complexity index is 533. The summed E-state index contributed by atoms with van der Waals surface area (Å²) in [6.45, 7) is 3.16. The van der Waals surface area contributed by atoms with E-state index in [1.807, 2.05) is 6.92 Å². The second-order valence-corrected chi connectivity index (χ2v) is 8.11. The molecule has 0 spiro atoms. The monoisotopic (exact) mass is 318 g/mol. The summed E-state index contributed by atoms with van der Waals surface area (Å²) in [6.07, 6.45) is 2.47. The van der Waals surface area contributed by atoms with Gasteiger partial charge in [0.25, 0.3) is 0 Å². The van der Waals surface area contributed by atoms with Crippen molar-refractivity contribution < 1.29 is 23.1 Å². The number of piperidine rings is 1. The van der Waals surface area contributed by atoms with Crippen molar-refractivity contribution >= 4 is 21.9 Å². The van der Waals surface area contributed by atoms with Crippen LogP contribution in [0.1, 0.15) is 19.8 Å². The van der Waals surface area contributed by atoms with Gasteiger partial charge >= 0.3 is 5.97 Å². The van der Waals surface area contributed by atoms with Gasteiger partial charge in [0.05, 0.1) is 18.1 Å². The number of carbonyl (C=O) groups excluding carboxylic acids is 1. The first-order chi connectivity index (χ1) is 9.70. The lowest BCUT2D eigenvalue weighted by molar-refractivity contribution is -0.142. The second-order valence-electron chi connectivity index (χ2n) is 6.13. The molecule has 2 saturated heterocycles. The van der Waals surface area contributed by atoms with E-state index in [1.54, 1.807) is 4.90 Å². The van der Waals surface area contributed by atoms with Crippen LogP contribution in [-0.2, 0) is 19.6 Å². The van der Waals surface area contributed by atoms with Gasteiger partial charge in [0.15, 0.2) is 0 Å². The Hall–Kier alpha value is -1.15. The van der Waals surface area contributed by atoms with Crippen LogP contribution in [0.25, 0.3) is 0 Å². The summed E-state index contributed by atoms with van der Waals surface area (Å²) in [5.41, 5.74) is 0. The van der Waals surface area contributed by atoms with Crippen molar-refractivity contribution in [1.29, 1.82) is 0 Å². The number of hydrogen-bond donors (Lipinski definition) is 1. The molecule has 0 aromatic rings. The van der Waals surface area contributed by atoms with Gasteiger partial charge in [-0.1, -0.05) is 6.92 Å². The van der Waals surface area contributed by atoms with Crippen LogP contribution in [0.5, 0.6) is 0 Å². The van der Waals surface area contributed by atoms with Crippen LogP contribution in [0.4, 0.5) is 0 Å². The molecule has 8 heteroatoms. The lowest BCUT2D eigenvalue weighted by Gasteiger charge is -2.32. The van der Waals surface area contributed by atoms with Crippen molar-refractivity contribution in [2.45, 2.75) is 19.8 Å². The van der Waals surface area contributed by atoms with Crippen molar-refractivity contribution in [3.8, 4) is 0 Å². The minimum Gasteiger partial charge on any atom is -0.481 e. The molecule has 3 unspecified atom stereocenters. The molecule has 2 heterocycles. The van der Waals surface area contributed by atoms with Crippen molar-refractivity contribution in [1.82, 2.24) is 9.21 Å². The fourth-order valence-electron chi connectivity index (χ4n) is 3.17. The van der Waals surface area contributed by atoms with Crippen molar-refractivity contribution in [2.24, 2.45) is 17.8 Å². The van der Waals surface area contributed by atoms with Gasteiger partial charge in [0, 0.05) is 26.2 Å². The average molecular weight is 318 g/mol. The molecule has 21 heavy (non-hydrogen) atoms. The molecular formula is C13H22N2O5S. The largest absolute Gasteiger partial charge is 0.481 e. The number of carboxylic acid groups (broad SMARTS) is 1. The van der Waals surface area contributed by atoms with Crippen LogP contribution in [0.3, 0.4) is 0 Å². The number of carbonyl (C=O) groups is 2. The van der Waals surface area contributed by atoms with E-state index >= 15 is 0 Å². The summed E-state index contributed by atoms with van der Waals surface area (Å²) in [5, 5.41) is 9.12. The van der Waals surface area contributed by atoms with Crippen molar-refractivity contribution in [2.75, 3.05) is 32.4 Å². The number of carboxylic acids is 1. The predicted molar refractivity (Wildman–Crippen MR) is 76.0 cm³/mol. The van der Waals surface area contributed by atoms with Gasteiger partial charge in [-0.05, 0) is 18.8 Å². The third-order valence-electron chi connectivity index (χ3n) is 4.44.